The molecule has 10 nitrogen and oxygen atoms in total. The topological polar surface area (TPSA) is 112 Å². The van der Waals surface area contributed by atoms with Crippen LogP contribution in [0.4, 0.5) is 21.0 Å². The van der Waals surface area contributed by atoms with Gasteiger partial charge in [0.05, 0.1) is 22.8 Å². The number of nitrogens with two attached hydrogens (primary N) is 1. The third-order valence-electron chi connectivity index (χ3n) is 9.69. The van der Waals surface area contributed by atoms with Gasteiger partial charge in [0.25, 0.3) is 0 Å². The Morgan fingerprint density at radius 2 is 1.73 bits per heavy atom. The zero-order chi connectivity index (χ0) is 34.5. The van der Waals surface area contributed by atoms with Crippen LogP contribution < -0.4 is 16.4 Å². The molecular weight excluding hydrogens is 748 g/mol. The summed E-state index contributed by atoms with van der Waals surface area (Å²) < 4.78 is 3.90. The first kappa shape index (κ1) is 35.2. The summed E-state index contributed by atoms with van der Waals surface area (Å²) in [6.07, 6.45) is 6.06. The number of unbranched alkanes of at least 4 members (excludes halogenated alkanes) is 2. The predicted molar refractivity (Wildman–Crippen MR) is 204 cm³/mol. The Morgan fingerprint density at radius 1 is 1.02 bits per heavy atom. The summed E-state index contributed by atoms with van der Waals surface area (Å²) >= 11 is 7.21. The van der Waals surface area contributed by atoms with E-state index in [1.165, 1.54) is 0 Å². The highest BCUT2D eigenvalue weighted by Gasteiger charge is 2.33. The lowest BCUT2D eigenvalue weighted by atomic mass is 10.0. The maximum Gasteiger partial charge on any atom is 0.322 e. The number of para-hydroxylation sites is 3. The molecule has 0 radical (unpaired) electrons. The summed E-state index contributed by atoms with van der Waals surface area (Å²) in [5, 5.41) is 6.48. The molecule has 1 atom stereocenters. The highest BCUT2D eigenvalue weighted by atomic mass is 79.9. The van der Waals surface area contributed by atoms with Crippen LogP contribution in [0, 0.1) is 0 Å². The van der Waals surface area contributed by atoms with Crippen LogP contribution >= 0.6 is 31.9 Å². The van der Waals surface area contributed by atoms with Gasteiger partial charge in [-0.2, -0.15) is 0 Å². The third kappa shape index (κ3) is 8.41. The van der Waals surface area contributed by atoms with Gasteiger partial charge in [-0.3, -0.25) is 0 Å². The fraction of sp³-hybridized carbons (Fsp3) is 0.432. The summed E-state index contributed by atoms with van der Waals surface area (Å²) in [6.45, 7) is 3.68. The van der Waals surface area contributed by atoms with E-state index in [0.717, 1.165) is 94.2 Å². The Morgan fingerprint density at radius 3 is 2.49 bits per heavy atom. The van der Waals surface area contributed by atoms with Gasteiger partial charge in [0.15, 0.2) is 0 Å². The first-order chi connectivity index (χ1) is 23.7. The fourth-order valence-electron chi connectivity index (χ4n) is 7.03. The normalized spacial score (nSPS) is 16.1. The standard InChI is InChI=1S/C37H46Br2N8O2/c1-44(2)17-8-3-9-18-47-33-13-7-6-12-31(33)41-35(47)32(24-25-22-28(38)34(40)29(39)23-25)43-36(48)45-19-15-27(16-20-45)46-21-14-26-10-4-5-11-30(26)42-37(46)49/h4-7,10-13,22-23,27,32H,3,8-9,14-21,24,40H2,1-2H3,(H,42,49)(H,43,48)/t32-/m1/s1. The van der Waals surface area contributed by atoms with Gasteiger partial charge in [0.1, 0.15) is 5.82 Å². The van der Waals surface area contributed by atoms with Crippen molar-refractivity contribution in [1.82, 2.24) is 29.6 Å². The van der Waals surface area contributed by atoms with Crippen molar-refractivity contribution in [3.05, 3.63) is 86.6 Å². The summed E-state index contributed by atoms with van der Waals surface area (Å²) in [7, 11) is 4.21. The molecule has 2 aliphatic rings. The van der Waals surface area contributed by atoms with Gasteiger partial charge in [0, 0.05) is 53.3 Å². The van der Waals surface area contributed by atoms with E-state index in [1.54, 1.807) is 0 Å². The fourth-order valence-corrected chi connectivity index (χ4v) is 8.31. The number of halogens is 2. The van der Waals surface area contributed by atoms with Crippen molar-refractivity contribution in [2.75, 3.05) is 51.3 Å². The molecular formula is C37H46Br2N8O2. The van der Waals surface area contributed by atoms with Crippen molar-refractivity contribution in [2.45, 2.75) is 63.6 Å². The molecule has 1 saturated heterocycles. The molecule has 6 rings (SSSR count). The van der Waals surface area contributed by atoms with Crippen LogP contribution in [-0.4, -0.2) is 82.6 Å². The number of rotatable bonds is 11. The first-order valence-corrected chi connectivity index (χ1v) is 18.8. The number of amides is 4. The molecule has 2 aliphatic heterocycles. The Labute approximate surface area is 305 Å². The minimum absolute atomic E-state index is 0.0608. The number of aryl methyl sites for hydroxylation is 1. The number of nitrogen functional groups attached to an aromatic ring is 1. The number of hydrogen-bond donors (Lipinski definition) is 3. The van der Waals surface area contributed by atoms with Crippen molar-refractivity contribution in [3.8, 4) is 0 Å². The minimum atomic E-state index is -0.378. The van der Waals surface area contributed by atoms with Crippen LogP contribution in [0.15, 0.2) is 69.6 Å². The van der Waals surface area contributed by atoms with E-state index in [-0.39, 0.29) is 24.1 Å². The predicted octanol–water partition coefficient (Wildman–Crippen LogP) is 7.42. The SMILES string of the molecule is CN(C)CCCCCn1c([C@@H](Cc2cc(Br)c(N)c(Br)c2)NC(=O)N2CCC(N3CCc4ccccc4NC3=O)CC2)nc2ccccc21. The van der Waals surface area contributed by atoms with E-state index >= 15 is 0 Å². The van der Waals surface area contributed by atoms with Crippen LogP contribution in [0.3, 0.4) is 0 Å². The number of anilines is 2. The van der Waals surface area contributed by atoms with Crippen molar-refractivity contribution in [3.63, 3.8) is 0 Å². The first-order valence-electron chi connectivity index (χ1n) is 17.2. The molecule has 3 heterocycles. The molecule has 4 amide bonds. The number of likely N-dealkylation sites (tertiary alicyclic amines) is 1. The second kappa shape index (κ2) is 15.9. The Balaban J connectivity index is 1.20. The second-order valence-electron chi connectivity index (χ2n) is 13.4. The van der Waals surface area contributed by atoms with Gasteiger partial charge in [-0.15, -0.1) is 0 Å². The summed E-state index contributed by atoms with van der Waals surface area (Å²) in [6, 6.07) is 19.8. The van der Waals surface area contributed by atoms with E-state index in [0.29, 0.717) is 31.7 Å². The zero-order valence-electron chi connectivity index (χ0n) is 28.3. The largest absolute Gasteiger partial charge is 0.397 e. The maximum atomic E-state index is 14.0. The van der Waals surface area contributed by atoms with E-state index < -0.39 is 0 Å². The molecule has 49 heavy (non-hydrogen) atoms. The van der Waals surface area contributed by atoms with Gasteiger partial charge in [-0.1, -0.05) is 36.8 Å². The van der Waals surface area contributed by atoms with Gasteiger partial charge in [0.2, 0.25) is 0 Å². The molecule has 0 aliphatic carbocycles. The Bertz CT molecular complexity index is 1760. The van der Waals surface area contributed by atoms with Crippen LogP contribution in [0.5, 0.6) is 0 Å². The average Bonchev–Trinajstić information content (AvgIpc) is 3.36. The van der Waals surface area contributed by atoms with Crippen LogP contribution in [0.2, 0.25) is 0 Å². The lowest BCUT2D eigenvalue weighted by molar-refractivity contribution is 0.133. The molecule has 3 aromatic carbocycles. The number of benzene rings is 3. The summed E-state index contributed by atoms with van der Waals surface area (Å²) in [4.78, 5) is 38.4. The molecule has 1 aromatic heterocycles. The molecule has 0 unspecified atom stereocenters. The number of urea groups is 2. The van der Waals surface area contributed by atoms with E-state index in [1.807, 2.05) is 58.3 Å². The number of hydrogen-bond acceptors (Lipinski definition) is 5. The average molecular weight is 795 g/mol. The molecule has 4 N–H and O–H groups in total. The summed E-state index contributed by atoms with van der Waals surface area (Å²) in [5.41, 5.74) is 11.9. The lowest BCUT2D eigenvalue weighted by Crippen LogP contribution is -2.52. The van der Waals surface area contributed by atoms with E-state index in [9.17, 15) is 9.59 Å². The zero-order valence-corrected chi connectivity index (χ0v) is 31.5. The Hall–Kier alpha value is -3.61. The van der Waals surface area contributed by atoms with Crippen molar-refractivity contribution >= 4 is 66.3 Å². The number of aromatic nitrogens is 2. The monoisotopic (exact) mass is 792 g/mol. The van der Waals surface area contributed by atoms with Gasteiger partial charge >= 0.3 is 12.1 Å². The minimum Gasteiger partial charge on any atom is -0.397 e. The molecule has 0 bridgehead atoms. The number of imidazole rings is 1. The van der Waals surface area contributed by atoms with Gasteiger partial charge in [-0.05, 0) is 126 Å². The molecule has 0 saturated carbocycles. The second-order valence-corrected chi connectivity index (χ2v) is 15.1. The molecule has 260 valence electrons. The van der Waals surface area contributed by atoms with E-state index in [4.69, 9.17) is 10.7 Å². The Kier molecular flexibility index (Phi) is 11.5. The highest BCUT2D eigenvalue weighted by molar-refractivity contribution is 9.11. The van der Waals surface area contributed by atoms with Crippen LogP contribution in [0.1, 0.15) is 55.1 Å². The van der Waals surface area contributed by atoms with E-state index in [2.05, 4.69) is 78.2 Å². The maximum absolute atomic E-state index is 14.0. The van der Waals surface area contributed by atoms with Crippen molar-refractivity contribution < 1.29 is 9.59 Å². The summed E-state index contributed by atoms with van der Waals surface area (Å²) in [5.74, 6) is 0.849. The number of nitrogens with zero attached hydrogens (tertiary/aromatic N) is 5. The third-order valence-corrected chi connectivity index (χ3v) is 11.0. The smallest absolute Gasteiger partial charge is 0.322 e. The van der Waals surface area contributed by atoms with Gasteiger partial charge in [-0.25, -0.2) is 14.6 Å². The van der Waals surface area contributed by atoms with Crippen LogP contribution in [-0.2, 0) is 19.4 Å². The lowest BCUT2D eigenvalue weighted by Gasteiger charge is -2.38. The van der Waals surface area contributed by atoms with Crippen molar-refractivity contribution in [1.29, 1.82) is 0 Å². The molecule has 12 heteroatoms. The quantitative estimate of drug-likeness (QED) is 0.108. The molecule has 1 fully saturated rings. The number of carbonyl (C=O) groups excluding carboxylic acids is 2. The highest BCUT2D eigenvalue weighted by Crippen LogP contribution is 2.33. The number of nitrogens with one attached hydrogen (secondary N) is 2. The molecule has 4 aromatic rings. The number of piperidine rings is 1. The van der Waals surface area contributed by atoms with Crippen molar-refractivity contribution in [2.24, 2.45) is 0 Å². The van der Waals surface area contributed by atoms with Crippen LogP contribution in [0.25, 0.3) is 11.0 Å². The molecule has 0 spiro atoms. The number of carbonyl (C=O) groups is 2. The number of fused-ring (bicyclic) bond motifs is 2. The van der Waals surface area contributed by atoms with Gasteiger partial charge < -0.3 is 35.6 Å².